The van der Waals surface area contributed by atoms with E-state index in [0.29, 0.717) is 31.1 Å². The number of nitrogens with zero attached hydrogens (tertiary/aromatic N) is 3. The van der Waals surface area contributed by atoms with Gasteiger partial charge in [-0.1, -0.05) is 45.7 Å². The molecule has 29 heavy (non-hydrogen) atoms. The van der Waals surface area contributed by atoms with Gasteiger partial charge in [0.1, 0.15) is 10.9 Å². The smallest absolute Gasteiger partial charge is 0.277 e. The second-order valence-electron chi connectivity index (χ2n) is 5.82. The summed E-state index contributed by atoms with van der Waals surface area (Å²) < 4.78 is 9.47. The summed E-state index contributed by atoms with van der Waals surface area (Å²) in [4.78, 5) is 12.0. The van der Waals surface area contributed by atoms with Crippen molar-refractivity contribution in [3.63, 3.8) is 0 Å². The van der Waals surface area contributed by atoms with E-state index < -0.39 is 5.91 Å². The lowest BCUT2D eigenvalue weighted by molar-refractivity contribution is -0.123. The molecule has 0 saturated heterocycles. The summed E-state index contributed by atoms with van der Waals surface area (Å²) in [6.45, 7) is 1.62. The maximum absolute atomic E-state index is 12.0. The molecule has 3 aromatic rings. The van der Waals surface area contributed by atoms with Crippen molar-refractivity contribution in [2.75, 3.05) is 6.61 Å². The third-order valence-corrected chi connectivity index (χ3v) is 5.74. The number of hydrogen-bond donors (Lipinski definition) is 1. The number of carbonyl (C=O) groups excluding carboxylic acids is 1. The second kappa shape index (κ2) is 9.88. The van der Waals surface area contributed by atoms with Gasteiger partial charge in [-0.05, 0) is 63.0 Å². The van der Waals surface area contributed by atoms with Gasteiger partial charge in [0.25, 0.3) is 5.91 Å². The number of benzene rings is 2. The molecular formula is C19H14Br3ClN4O2. The molecule has 150 valence electrons. The molecule has 10 heteroatoms. The number of para-hydroxylation sites is 1. The van der Waals surface area contributed by atoms with E-state index in [4.69, 9.17) is 16.3 Å². The van der Waals surface area contributed by atoms with Crippen molar-refractivity contribution >= 4 is 71.5 Å². The van der Waals surface area contributed by atoms with Crippen LogP contribution in [0.5, 0.6) is 5.75 Å². The third-order valence-electron chi connectivity index (χ3n) is 3.74. The number of hydrogen-bond acceptors (Lipinski definition) is 4. The highest BCUT2D eigenvalue weighted by Crippen LogP contribution is 2.36. The molecule has 0 aliphatic rings. The molecule has 0 unspecified atom stereocenters. The van der Waals surface area contributed by atoms with Crippen LogP contribution in [-0.4, -0.2) is 28.5 Å². The van der Waals surface area contributed by atoms with Gasteiger partial charge in [-0.25, -0.2) is 10.1 Å². The van der Waals surface area contributed by atoms with Crippen molar-refractivity contribution < 1.29 is 9.53 Å². The van der Waals surface area contributed by atoms with Gasteiger partial charge in [0.15, 0.2) is 6.61 Å². The molecule has 0 bridgehead atoms. The monoisotopic (exact) mass is 602 g/mol. The van der Waals surface area contributed by atoms with E-state index in [1.165, 1.54) is 6.21 Å². The summed E-state index contributed by atoms with van der Waals surface area (Å²) in [6, 6.07) is 13.2. The number of nitrogens with one attached hydrogen (secondary N) is 1. The zero-order valence-electron chi connectivity index (χ0n) is 15.0. The largest absolute Gasteiger partial charge is 0.481 e. The molecule has 0 saturated carbocycles. The molecule has 1 N–H and O–H groups in total. The van der Waals surface area contributed by atoms with Crippen LogP contribution in [0.15, 0.2) is 61.0 Å². The molecule has 2 aromatic carbocycles. The minimum atomic E-state index is -0.410. The van der Waals surface area contributed by atoms with E-state index in [1.807, 2.05) is 49.4 Å². The predicted octanol–water partition coefficient (Wildman–Crippen LogP) is 5.65. The van der Waals surface area contributed by atoms with Crippen LogP contribution in [0.4, 0.5) is 0 Å². The Morgan fingerprint density at radius 3 is 2.55 bits per heavy atom. The Bertz CT molecular complexity index is 1050. The molecule has 1 amide bonds. The van der Waals surface area contributed by atoms with Crippen LogP contribution < -0.4 is 10.2 Å². The first-order valence-corrected chi connectivity index (χ1v) is 11.0. The van der Waals surface area contributed by atoms with E-state index in [1.54, 1.807) is 4.68 Å². The molecule has 0 aliphatic heterocycles. The maximum atomic E-state index is 12.0. The first kappa shape index (κ1) is 22.0. The molecular weight excluding hydrogens is 591 g/mol. The Hall–Kier alpha value is -1.68. The molecule has 0 atom stereocenters. The molecule has 0 aliphatic carbocycles. The van der Waals surface area contributed by atoms with E-state index >= 15 is 0 Å². The molecule has 3 rings (SSSR count). The van der Waals surface area contributed by atoms with Crippen LogP contribution in [0.1, 0.15) is 11.3 Å². The number of ether oxygens (including phenoxy) is 1. The van der Waals surface area contributed by atoms with Crippen LogP contribution in [0, 0.1) is 6.92 Å². The number of aryl methyl sites for hydroxylation is 1. The summed E-state index contributed by atoms with van der Waals surface area (Å²) in [5.41, 5.74) is 4.57. The van der Waals surface area contributed by atoms with Crippen molar-refractivity contribution in [2.24, 2.45) is 5.10 Å². The zero-order chi connectivity index (χ0) is 21.0. The highest BCUT2D eigenvalue weighted by Gasteiger charge is 2.13. The Morgan fingerprint density at radius 2 is 1.90 bits per heavy atom. The van der Waals surface area contributed by atoms with Crippen molar-refractivity contribution in [2.45, 2.75) is 6.92 Å². The van der Waals surface area contributed by atoms with Crippen molar-refractivity contribution in [3.8, 4) is 11.4 Å². The van der Waals surface area contributed by atoms with Crippen LogP contribution in [0.2, 0.25) is 5.15 Å². The van der Waals surface area contributed by atoms with Gasteiger partial charge < -0.3 is 4.74 Å². The van der Waals surface area contributed by atoms with Gasteiger partial charge in [0.2, 0.25) is 0 Å². The first-order valence-electron chi connectivity index (χ1n) is 8.26. The number of carbonyl (C=O) groups is 1. The first-order chi connectivity index (χ1) is 13.9. The molecule has 0 radical (unpaired) electrons. The van der Waals surface area contributed by atoms with Gasteiger partial charge in [0, 0.05) is 4.47 Å². The quantitative estimate of drug-likeness (QED) is 0.292. The van der Waals surface area contributed by atoms with Crippen molar-refractivity contribution in [3.05, 3.63) is 72.3 Å². The summed E-state index contributed by atoms with van der Waals surface area (Å²) in [5.74, 6) is 0.113. The van der Waals surface area contributed by atoms with Crippen LogP contribution >= 0.6 is 59.4 Å². The molecule has 0 fully saturated rings. The fraction of sp³-hybridized carbons (Fsp3) is 0.105. The molecule has 1 heterocycles. The number of rotatable bonds is 6. The highest BCUT2D eigenvalue weighted by atomic mass is 79.9. The average Bonchev–Trinajstić information content (AvgIpc) is 2.96. The fourth-order valence-corrected chi connectivity index (χ4v) is 5.21. The lowest BCUT2D eigenvalue weighted by Gasteiger charge is -2.09. The fourth-order valence-electron chi connectivity index (χ4n) is 2.40. The SMILES string of the molecule is Cc1nn(-c2ccccc2)c(Cl)c1C=NNC(=O)COc1c(Br)cc(Br)cc1Br. The van der Waals surface area contributed by atoms with Crippen LogP contribution in [-0.2, 0) is 4.79 Å². The predicted molar refractivity (Wildman–Crippen MR) is 124 cm³/mol. The van der Waals surface area contributed by atoms with Gasteiger partial charge in [-0.3, -0.25) is 4.79 Å². The highest BCUT2D eigenvalue weighted by molar-refractivity contribution is 9.11. The van der Waals surface area contributed by atoms with E-state index in [9.17, 15) is 4.79 Å². The number of halogens is 4. The Morgan fingerprint density at radius 1 is 1.24 bits per heavy atom. The number of amides is 1. The lowest BCUT2D eigenvalue weighted by Crippen LogP contribution is -2.24. The van der Waals surface area contributed by atoms with Crippen LogP contribution in [0.25, 0.3) is 5.69 Å². The normalized spacial score (nSPS) is 11.1. The van der Waals surface area contributed by atoms with Gasteiger partial charge in [-0.15, -0.1) is 0 Å². The zero-order valence-corrected chi connectivity index (χ0v) is 20.5. The van der Waals surface area contributed by atoms with E-state index in [2.05, 4.69) is 63.4 Å². The third kappa shape index (κ3) is 5.48. The minimum absolute atomic E-state index is 0.202. The summed E-state index contributed by atoms with van der Waals surface area (Å²) in [7, 11) is 0. The topological polar surface area (TPSA) is 68.5 Å². The standard InChI is InChI=1S/C19H14Br3ClN4O2/c1-11-14(19(23)27(26-11)13-5-3-2-4-6-13)9-24-25-17(28)10-29-18-15(21)7-12(20)8-16(18)22/h2-9H,10H2,1H3,(H,25,28). The van der Waals surface area contributed by atoms with Crippen molar-refractivity contribution in [1.82, 2.24) is 15.2 Å². The molecule has 6 nitrogen and oxygen atoms in total. The van der Waals surface area contributed by atoms with Gasteiger partial charge in [-0.2, -0.15) is 10.2 Å². The van der Waals surface area contributed by atoms with E-state index in [-0.39, 0.29) is 6.61 Å². The summed E-state index contributed by atoms with van der Waals surface area (Å²) in [5, 5.41) is 8.80. The van der Waals surface area contributed by atoms with Gasteiger partial charge in [0.05, 0.1) is 32.1 Å². The summed E-state index contributed by atoms with van der Waals surface area (Å²) in [6.07, 6.45) is 1.47. The van der Waals surface area contributed by atoms with E-state index in [0.717, 1.165) is 10.2 Å². The number of aromatic nitrogens is 2. The van der Waals surface area contributed by atoms with Crippen LogP contribution in [0.3, 0.4) is 0 Å². The van der Waals surface area contributed by atoms with Crippen molar-refractivity contribution in [1.29, 1.82) is 0 Å². The second-order valence-corrected chi connectivity index (χ2v) is 8.80. The molecule has 1 aromatic heterocycles. The lowest BCUT2D eigenvalue weighted by atomic mass is 10.3. The number of hydrazone groups is 1. The summed E-state index contributed by atoms with van der Waals surface area (Å²) >= 11 is 16.6. The Kier molecular flexibility index (Phi) is 7.50. The average molecular weight is 606 g/mol. The Balaban J connectivity index is 1.63. The molecule has 0 spiro atoms. The maximum Gasteiger partial charge on any atom is 0.277 e. The minimum Gasteiger partial charge on any atom is -0.481 e. The van der Waals surface area contributed by atoms with Gasteiger partial charge >= 0.3 is 0 Å². The Labute approximate surface area is 197 Å².